The van der Waals surface area contributed by atoms with E-state index in [1.165, 1.54) is 24.3 Å². The Bertz CT molecular complexity index is 586. The fourth-order valence-corrected chi connectivity index (χ4v) is 1.42. The van der Waals surface area contributed by atoms with Crippen LogP contribution in [0.3, 0.4) is 0 Å². The summed E-state index contributed by atoms with van der Waals surface area (Å²) in [5.74, 6) is -4.25. The zero-order chi connectivity index (χ0) is 18.7. The lowest BCUT2D eigenvalue weighted by Crippen LogP contribution is -2.17. The number of carboxylic acids is 1. The Labute approximate surface area is 138 Å². The fraction of sp³-hybridized carbons (Fsp3) is 0.312. The van der Waals surface area contributed by atoms with Gasteiger partial charge in [0.15, 0.2) is 0 Å². The van der Waals surface area contributed by atoms with Crippen LogP contribution >= 0.6 is 0 Å². The van der Waals surface area contributed by atoms with Crippen molar-refractivity contribution < 1.29 is 38.6 Å². The predicted molar refractivity (Wildman–Crippen MR) is 81.2 cm³/mol. The highest BCUT2D eigenvalue weighted by molar-refractivity contribution is 6.07. The molecule has 0 amide bonds. The topological polar surface area (TPSA) is 124 Å². The van der Waals surface area contributed by atoms with Gasteiger partial charge in [0.2, 0.25) is 0 Å². The number of aliphatic carboxylic acids is 1. The van der Waals surface area contributed by atoms with Crippen molar-refractivity contribution in [1.29, 1.82) is 0 Å². The number of hydrogen-bond acceptors (Lipinski definition) is 7. The Hall–Kier alpha value is -3.03. The molecule has 0 saturated heterocycles. The van der Waals surface area contributed by atoms with Crippen LogP contribution in [0.4, 0.5) is 0 Å². The van der Waals surface area contributed by atoms with E-state index in [1.54, 1.807) is 0 Å². The maximum Gasteiger partial charge on any atom is 0.346 e. The van der Waals surface area contributed by atoms with E-state index in [2.05, 4.69) is 9.47 Å². The van der Waals surface area contributed by atoms with Crippen LogP contribution in [0.2, 0.25) is 0 Å². The normalized spacial score (nSPS) is 9.12. The molecule has 0 saturated carbocycles. The highest BCUT2D eigenvalue weighted by Gasteiger charge is 2.20. The van der Waals surface area contributed by atoms with Crippen molar-refractivity contribution in [1.82, 2.24) is 0 Å². The number of benzene rings is 1. The summed E-state index contributed by atoms with van der Waals surface area (Å²) in [6.07, 6.45) is 1.02. The van der Waals surface area contributed by atoms with Gasteiger partial charge in [-0.25, -0.2) is 9.59 Å². The van der Waals surface area contributed by atoms with Crippen LogP contribution in [0, 0.1) is 0 Å². The highest BCUT2D eigenvalue weighted by Crippen LogP contribution is 2.12. The van der Waals surface area contributed by atoms with Crippen LogP contribution < -0.4 is 0 Å². The van der Waals surface area contributed by atoms with Crippen LogP contribution in [0.15, 0.2) is 24.3 Å². The molecule has 0 fully saturated rings. The predicted octanol–water partition coefficient (Wildman–Crippen LogP) is 1.96. The van der Waals surface area contributed by atoms with Crippen LogP contribution in [0.25, 0.3) is 0 Å². The molecule has 0 aliphatic rings. The van der Waals surface area contributed by atoms with E-state index in [0.717, 1.165) is 20.3 Å². The van der Waals surface area contributed by atoms with Crippen LogP contribution in [0.5, 0.6) is 0 Å². The summed E-state index contributed by atoms with van der Waals surface area (Å²) in [5, 5.41) is 7.91. The monoisotopic (exact) mass is 338 g/mol. The second kappa shape index (κ2) is 10.7. The smallest absolute Gasteiger partial charge is 0.346 e. The third-order valence-electron chi connectivity index (χ3n) is 2.30. The Morgan fingerprint density at radius 3 is 1.46 bits per heavy atom. The van der Waals surface area contributed by atoms with Crippen molar-refractivity contribution in [2.24, 2.45) is 0 Å². The SMILES string of the molecule is CC(=O)OC(=O)c1ccccc1C(=O)OC(C)=O.CCCC(=O)O. The first-order valence-corrected chi connectivity index (χ1v) is 6.95. The first-order valence-electron chi connectivity index (χ1n) is 6.95. The number of rotatable bonds is 4. The first kappa shape index (κ1) is 21.0. The Kier molecular flexibility index (Phi) is 9.31. The average molecular weight is 338 g/mol. The first-order chi connectivity index (χ1) is 11.2. The summed E-state index contributed by atoms with van der Waals surface area (Å²) in [7, 11) is 0. The van der Waals surface area contributed by atoms with Crippen molar-refractivity contribution >= 4 is 29.8 Å². The second-order valence-electron chi connectivity index (χ2n) is 4.45. The quantitative estimate of drug-likeness (QED) is 0.652. The summed E-state index contributed by atoms with van der Waals surface area (Å²) in [4.78, 5) is 54.0. The molecule has 0 aromatic heterocycles. The molecule has 8 heteroatoms. The van der Waals surface area contributed by atoms with Gasteiger partial charge in [-0.05, 0) is 18.6 Å². The number of carbonyl (C=O) groups is 5. The van der Waals surface area contributed by atoms with Gasteiger partial charge in [0, 0.05) is 20.3 Å². The van der Waals surface area contributed by atoms with Gasteiger partial charge in [-0.2, -0.15) is 0 Å². The Morgan fingerprint density at radius 1 is 0.875 bits per heavy atom. The van der Waals surface area contributed by atoms with Gasteiger partial charge in [0.25, 0.3) is 0 Å². The van der Waals surface area contributed by atoms with Gasteiger partial charge in [0.05, 0.1) is 11.1 Å². The molecule has 1 aromatic rings. The van der Waals surface area contributed by atoms with Gasteiger partial charge < -0.3 is 14.6 Å². The number of hydrogen-bond donors (Lipinski definition) is 1. The summed E-state index contributed by atoms with van der Waals surface area (Å²) < 4.78 is 8.72. The third kappa shape index (κ3) is 8.42. The van der Waals surface area contributed by atoms with Crippen LogP contribution in [0.1, 0.15) is 54.3 Å². The molecule has 1 aromatic carbocycles. The molecule has 0 atom stereocenters. The van der Waals surface area contributed by atoms with Gasteiger partial charge in [0.1, 0.15) is 0 Å². The fourth-order valence-electron chi connectivity index (χ4n) is 1.42. The van der Waals surface area contributed by atoms with Gasteiger partial charge in [-0.3, -0.25) is 14.4 Å². The zero-order valence-corrected chi connectivity index (χ0v) is 13.5. The summed E-state index contributed by atoms with van der Waals surface area (Å²) in [6.45, 7) is 3.97. The zero-order valence-electron chi connectivity index (χ0n) is 13.5. The largest absolute Gasteiger partial charge is 0.481 e. The molecule has 1 rings (SSSR count). The average Bonchev–Trinajstić information content (AvgIpc) is 2.46. The standard InChI is InChI=1S/C12H10O6.C4H8O2/c1-7(13)17-11(15)9-5-3-4-6-10(9)12(16)18-8(2)14;1-2-3-4(5)6/h3-6H,1-2H3;2-3H2,1H3,(H,5,6). The molecule has 24 heavy (non-hydrogen) atoms. The van der Waals surface area contributed by atoms with E-state index in [9.17, 15) is 24.0 Å². The van der Waals surface area contributed by atoms with E-state index in [0.29, 0.717) is 6.42 Å². The van der Waals surface area contributed by atoms with Crippen molar-refractivity contribution in [3.05, 3.63) is 35.4 Å². The highest BCUT2D eigenvalue weighted by atomic mass is 16.6. The van der Waals surface area contributed by atoms with Crippen molar-refractivity contribution in [3.63, 3.8) is 0 Å². The molecule has 1 N–H and O–H groups in total. The van der Waals surface area contributed by atoms with Crippen LogP contribution in [-0.2, 0) is 23.9 Å². The number of carboxylic acid groups (broad SMARTS) is 1. The lowest BCUT2D eigenvalue weighted by molar-refractivity contribution is -0.137. The Balaban J connectivity index is 0.000000754. The molecule has 0 bridgehead atoms. The molecule has 0 aliphatic carbocycles. The molecule has 0 radical (unpaired) electrons. The molecule has 130 valence electrons. The van der Waals surface area contributed by atoms with Gasteiger partial charge >= 0.3 is 29.8 Å². The molecular weight excluding hydrogens is 320 g/mol. The molecule has 0 heterocycles. The van der Waals surface area contributed by atoms with Crippen molar-refractivity contribution in [2.75, 3.05) is 0 Å². The second-order valence-corrected chi connectivity index (χ2v) is 4.45. The minimum atomic E-state index is -0.974. The van der Waals surface area contributed by atoms with Crippen LogP contribution in [-0.4, -0.2) is 35.0 Å². The summed E-state index contributed by atoms with van der Waals surface area (Å²) >= 11 is 0. The lowest BCUT2D eigenvalue weighted by atomic mass is 10.1. The van der Waals surface area contributed by atoms with E-state index in [-0.39, 0.29) is 11.1 Å². The molecule has 0 spiro atoms. The van der Waals surface area contributed by atoms with E-state index < -0.39 is 29.8 Å². The minimum absolute atomic E-state index is 0.140. The van der Waals surface area contributed by atoms with Crippen molar-refractivity contribution in [3.8, 4) is 0 Å². The molecule has 0 aliphatic heterocycles. The van der Waals surface area contributed by atoms with E-state index in [4.69, 9.17) is 5.11 Å². The lowest BCUT2D eigenvalue weighted by Gasteiger charge is -2.06. The third-order valence-corrected chi connectivity index (χ3v) is 2.30. The maximum atomic E-state index is 11.5. The van der Waals surface area contributed by atoms with Gasteiger partial charge in [-0.15, -0.1) is 0 Å². The van der Waals surface area contributed by atoms with Crippen molar-refractivity contribution in [2.45, 2.75) is 33.6 Å². The van der Waals surface area contributed by atoms with E-state index >= 15 is 0 Å². The van der Waals surface area contributed by atoms with Gasteiger partial charge in [-0.1, -0.05) is 19.1 Å². The number of ether oxygens (including phenoxy) is 2. The number of carbonyl (C=O) groups excluding carboxylic acids is 4. The Morgan fingerprint density at radius 2 is 1.25 bits per heavy atom. The van der Waals surface area contributed by atoms with E-state index in [1.807, 2.05) is 6.92 Å². The summed E-state index contributed by atoms with van der Waals surface area (Å²) in [5.41, 5.74) is -0.280. The number of esters is 4. The summed E-state index contributed by atoms with van der Waals surface area (Å²) in [6, 6.07) is 5.56. The molecular formula is C16H18O8. The molecule has 0 unspecified atom stereocenters. The minimum Gasteiger partial charge on any atom is -0.481 e. The molecule has 8 nitrogen and oxygen atoms in total. The maximum absolute atomic E-state index is 11.5.